The van der Waals surface area contributed by atoms with Crippen LogP contribution in [-0.4, -0.2) is 30.8 Å². The lowest BCUT2D eigenvalue weighted by molar-refractivity contribution is -0.113. The zero-order valence-electron chi connectivity index (χ0n) is 18.9. The van der Waals surface area contributed by atoms with E-state index >= 15 is 0 Å². The normalized spacial score (nSPS) is 11.2. The summed E-state index contributed by atoms with van der Waals surface area (Å²) in [5, 5.41) is 3.43. The molecule has 0 radical (unpaired) electrons. The number of furan rings is 1. The van der Waals surface area contributed by atoms with Crippen LogP contribution in [0.2, 0.25) is 0 Å². The van der Waals surface area contributed by atoms with Crippen LogP contribution in [0, 0.1) is 20.8 Å². The van der Waals surface area contributed by atoms with Crippen molar-refractivity contribution in [2.24, 2.45) is 14.1 Å². The van der Waals surface area contributed by atoms with Gasteiger partial charge in [-0.15, -0.1) is 0 Å². The Labute approximate surface area is 193 Å². The summed E-state index contributed by atoms with van der Waals surface area (Å²) in [6.45, 7) is 5.90. The first kappa shape index (κ1) is 22.5. The van der Waals surface area contributed by atoms with Gasteiger partial charge in [-0.05, 0) is 44.0 Å². The van der Waals surface area contributed by atoms with E-state index in [1.807, 2.05) is 32.9 Å². The van der Waals surface area contributed by atoms with Gasteiger partial charge in [0, 0.05) is 19.8 Å². The fraction of sp³-hybridized carbons (Fsp3) is 0.261. The minimum absolute atomic E-state index is 0.0163. The molecule has 9 nitrogen and oxygen atoms in total. The fourth-order valence-electron chi connectivity index (χ4n) is 3.74. The van der Waals surface area contributed by atoms with Crippen LogP contribution >= 0.6 is 11.8 Å². The molecular formula is C23H23N5O4S. The number of nitrogens with zero attached hydrogens (tertiary/aromatic N) is 4. The molecule has 1 N–H and O–H groups in total. The number of hydrogen-bond donors (Lipinski definition) is 1. The van der Waals surface area contributed by atoms with E-state index in [-0.39, 0.29) is 28.5 Å². The van der Waals surface area contributed by atoms with Crippen molar-refractivity contribution in [1.82, 2.24) is 19.1 Å². The predicted molar refractivity (Wildman–Crippen MR) is 128 cm³/mol. The first-order chi connectivity index (χ1) is 15.7. The number of amides is 1. The summed E-state index contributed by atoms with van der Waals surface area (Å²) in [6.07, 6.45) is 1.48. The molecule has 0 fully saturated rings. The van der Waals surface area contributed by atoms with Gasteiger partial charge in [-0.3, -0.25) is 18.7 Å². The monoisotopic (exact) mass is 465 g/mol. The number of anilines is 1. The Hall–Kier alpha value is -3.66. The third-order valence-electron chi connectivity index (χ3n) is 5.29. The van der Waals surface area contributed by atoms with Crippen LogP contribution in [-0.2, 0) is 18.9 Å². The lowest BCUT2D eigenvalue weighted by Gasteiger charge is -2.13. The molecule has 3 aromatic heterocycles. The van der Waals surface area contributed by atoms with Gasteiger partial charge < -0.3 is 9.73 Å². The molecule has 4 aromatic rings. The number of rotatable bonds is 5. The third-order valence-corrected chi connectivity index (χ3v) is 6.27. The van der Waals surface area contributed by atoms with Crippen molar-refractivity contribution >= 4 is 34.4 Å². The number of aryl methyl sites for hydroxylation is 4. The van der Waals surface area contributed by atoms with Crippen molar-refractivity contribution in [3.05, 3.63) is 68.1 Å². The van der Waals surface area contributed by atoms with E-state index in [0.717, 1.165) is 38.7 Å². The van der Waals surface area contributed by atoms with E-state index in [0.29, 0.717) is 10.8 Å². The maximum atomic E-state index is 12.9. The van der Waals surface area contributed by atoms with Crippen LogP contribution in [0.15, 0.2) is 49.6 Å². The Kier molecular flexibility index (Phi) is 5.94. The average Bonchev–Trinajstić information content (AvgIpc) is 3.31. The highest BCUT2D eigenvalue weighted by atomic mass is 32.2. The number of benzene rings is 1. The molecule has 0 saturated carbocycles. The highest BCUT2D eigenvalue weighted by Gasteiger charge is 2.20. The number of aromatic nitrogens is 4. The number of fused-ring (bicyclic) bond motifs is 1. The second kappa shape index (κ2) is 8.70. The van der Waals surface area contributed by atoms with E-state index in [4.69, 9.17) is 4.42 Å². The molecule has 4 rings (SSSR count). The number of thioether (sulfide) groups is 1. The van der Waals surface area contributed by atoms with Crippen molar-refractivity contribution in [1.29, 1.82) is 0 Å². The molecular weight excluding hydrogens is 442 g/mol. The highest BCUT2D eigenvalue weighted by Crippen LogP contribution is 2.27. The minimum atomic E-state index is -0.521. The van der Waals surface area contributed by atoms with Crippen molar-refractivity contribution in [2.75, 3.05) is 11.1 Å². The van der Waals surface area contributed by atoms with Crippen LogP contribution < -0.4 is 16.6 Å². The van der Waals surface area contributed by atoms with Gasteiger partial charge in [0.1, 0.15) is 10.4 Å². The Bertz CT molecular complexity index is 1480. The van der Waals surface area contributed by atoms with E-state index in [9.17, 15) is 14.4 Å². The standard InChI is InChI=1S/C23H23N5O4S/c1-12-9-13(2)18(14(3)10-12)24-16(29)11-33-21-17-20(27(4)23(31)28(5)22(17)30)25-19(26-21)15-7-6-8-32-15/h6-10H,11H2,1-5H3,(H,24,29). The molecule has 0 spiro atoms. The minimum Gasteiger partial charge on any atom is -0.461 e. The third kappa shape index (κ3) is 4.21. The topological polar surface area (TPSA) is 112 Å². The van der Waals surface area contributed by atoms with Crippen LogP contribution in [0.1, 0.15) is 16.7 Å². The van der Waals surface area contributed by atoms with E-state index < -0.39 is 11.2 Å². The van der Waals surface area contributed by atoms with Gasteiger partial charge in [0.2, 0.25) is 5.91 Å². The summed E-state index contributed by atoms with van der Waals surface area (Å²) < 4.78 is 7.69. The van der Waals surface area contributed by atoms with Gasteiger partial charge in [-0.25, -0.2) is 14.8 Å². The summed E-state index contributed by atoms with van der Waals surface area (Å²) in [5.74, 6) is 0.400. The second-order valence-corrected chi connectivity index (χ2v) is 8.81. The molecule has 0 aliphatic carbocycles. The quantitative estimate of drug-likeness (QED) is 0.356. The van der Waals surface area contributed by atoms with Crippen molar-refractivity contribution in [3.8, 4) is 11.6 Å². The smallest absolute Gasteiger partial charge is 0.332 e. The Morgan fingerprint density at radius 2 is 1.79 bits per heavy atom. The first-order valence-electron chi connectivity index (χ1n) is 10.2. The molecule has 33 heavy (non-hydrogen) atoms. The van der Waals surface area contributed by atoms with Crippen molar-refractivity contribution in [2.45, 2.75) is 25.8 Å². The average molecular weight is 466 g/mol. The number of hydrogen-bond acceptors (Lipinski definition) is 7. The number of carbonyl (C=O) groups is 1. The van der Waals surface area contributed by atoms with Crippen molar-refractivity contribution < 1.29 is 9.21 Å². The Morgan fingerprint density at radius 1 is 1.09 bits per heavy atom. The summed E-state index contributed by atoms with van der Waals surface area (Å²) in [6, 6.07) is 7.39. The van der Waals surface area contributed by atoms with Crippen LogP contribution in [0.4, 0.5) is 5.69 Å². The lowest BCUT2D eigenvalue weighted by atomic mass is 10.1. The molecule has 0 atom stereocenters. The Balaban J connectivity index is 1.73. The highest BCUT2D eigenvalue weighted by molar-refractivity contribution is 8.00. The van der Waals surface area contributed by atoms with E-state index in [1.165, 1.54) is 24.9 Å². The molecule has 0 unspecified atom stereocenters. The zero-order valence-corrected chi connectivity index (χ0v) is 19.7. The van der Waals surface area contributed by atoms with Gasteiger partial charge in [0.05, 0.1) is 12.0 Å². The van der Waals surface area contributed by atoms with Gasteiger partial charge >= 0.3 is 5.69 Å². The lowest BCUT2D eigenvalue weighted by Crippen LogP contribution is -2.37. The summed E-state index contributed by atoms with van der Waals surface area (Å²) >= 11 is 1.11. The largest absolute Gasteiger partial charge is 0.461 e. The molecule has 0 aliphatic rings. The maximum Gasteiger partial charge on any atom is 0.332 e. The molecule has 10 heteroatoms. The maximum absolute atomic E-state index is 12.9. The number of nitrogens with one attached hydrogen (secondary N) is 1. The molecule has 0 saturated heterocycles. The van der Waals surface area contributed by atoms with E-state index in [2.05, 4.69) is 15.3 Å². The molecule has 0 bridgehead atoms. The van der Waals surface area contributed by atoms with Gasteiger partial charge in [-0.2, -0.15) is 0 Å². The molecule has 170 valence electrons. The molecule has 1 amide bonds. The Morgan fingerprint density at radius 3 is 2.42 bits per heavy atom. The van der Waals surface area contributed by atoms with Gasteiger partial charge in [-0.1, -0.05) is 29.5 Å². The van der Waals surface area contributed by atoms with Crippen LogP contribution in [0.5, 0.6) is 0 Å². The predicted octanol–water partition coefficient (Wildman–Crippen LogP) is 2.94. The van der Waals surface area contributed by atoms with Gasteiger partial charge in [0.15, 0.2) is 17.2 Å². The van der Waals surface area contributed by atoms with E-state index in [1.54, 1.807) is 12.1 Å². The SMILES string of the molecule is Cc1cc(C)c(NC(=O)CSc2nc(-c3ccco3)nc3c2c(=O)n(C)c(=O)n3C)c(C)c1. The number of carbonyl (C=O) groups excluding carboxylic acids is 1. The van der Waals surface area contributed by atoms with Crippen LogP contribution in [0.3, 0.4) is 0 Å². The molecule has 1 aromatic carbocycles. The summed E-state index contributed by atoms with van der Waals surface area (Å²) in [7, 11) is 2.93. The molecule has 0 aliphatic heterocycles. The van der Waals surface area contributed by atoms with Crippen molar-refractivity contribution in [3.63, 3.8) is 0 Å². The molecule has 3 heterocycles. The zero-order chi connectivity index (χ0) is 23.9. The summed E-state index contributed by atoms with van der Waals surface area (Å²) in [5.41, 5.74) is 3.00. The fourth-order valence-corrected chi connectivity index (χ4v) is 4.55. The summed E-state index contributed by atoms with van der Waals surface area (Å²) in [4.78, 5) is 47.0. The van der Waals surface area contributed by atoms with Crippen LogP contribution in [0.25, 0.3) is 22.6 Å². The van der Waals surface area contributed by atoms with Gasteiger partial charge in [0.25, 0.3) is 5.56 Å². The first-order valence-corrected chi connectivity index (χ1v) is 11.2. The second-order valence-electron chi connectivity index (χ2n) is 7.84.